The predicted octanol–water partition coefficient (Wildman–Crippen LogP) is 5.99. The van der Waals surface area contributed by atoms with Crippen LogP contribution in [0.3, 0.4) is 0 Å². The summed E-state index contributed by atoms with van der Waals surface area (Å²) < 4.78 is 0. The van der Waals surface area contributed by atoms with Crippen molar-refractivity contribution in [3.05, 3.63) is 118 Å². The molecular weight excluding hydrogens is 328 g/mol. The summed E-state index contributed by atoms with van der Waals surface area (Å²) in [6, 6.07) is 29.1. The first kappa shape index (κ1) is 16.0. The Morgan fingerprint density at radius 1 is 0.667 bits per heavy atom. The molecule has 0 atom stereocenters. The standard InChI is InChI=1S/C26H20O/c1-17-7-3-11-20(15-17)26(21-12-4-8-18(2)16-21)23-14-6-10-19-9-5-13-22(24(19)23)25(26)27/h3-16H,1-2H3. The summed E-state index contributed by atoms with van der Waals surface area (Å²) in [7, 11) is 0. The van der Waals surface area contributed by atoms with Crippen LogP contribution in [0.25, 0.3) is 10.8 Å². The van der Waals surface area contributed by atoms with Gasteiger partial charge in [0.05, 0.1) is 0 Å². The van der Waals surface area contributed by atoms with Crippen LogP contribution in [0.4, 0.5) is 0 Å². The smallest absolute Gasteiger partial charge is 0.182 e. The van der Waals surface area contributed by atoms with Crippen LogP contribution in [0, 0.1) is 13.8 Å². The van der Waals surface area contributed by atoms with Gasteiger partial charge in [0.25, 0.3) is 0 Å². The van der Waals surface area contributed by atoms with E-state index in [1.165, 1.54) is 0 Å². The first-order chi connectivity index (χ1) is 13.1. The lowest BCUT2D eigenvalue weighted by molar-refractivity contribution is 0.0945. The molecule has 0 unspecified atom stereocenters. The number of carbonyl (C=O) groups is 1. The zero-order chi connectivity index (χ0) is 18.6. The Morgan fingerprint density at radius 2 is 1.22 bits per heavy atom. The number of hydrogen-bond acceptors (Lipinski definition) is 1. The average Bonchev–Trinajstić information content (AvgIpc) is 2.93. The minimum Gasteiger partial charge on any atom is -0.292 e. The summed E-state index contributed by atoms with van der Waals surface area (Å²) in [6.45, 7) is 4.17. The third-order valence-corrected chi connectivity index (χ3v) is 5.80. The van der Waals surface area contributed by atoms with Crippen molar-refractivity contribution < 1.29 is 4.79 Å². The van der Waals surface area contributed by atoms with E-state index in [2.05, 4.69) is 86.6 Å². The Kier molecular flexibility index (Phi) is 3.35. The van der Waals surface area contributed by atoms with Gasteiger partial charge in [0.2, 0.25) is 0 Å². The summed E-state index contributed by atoms with van der Waals surface area (Å²) in [5, 5.41) is 2.22. The van der Waals surface area contributed by atoms with Gasteiger partial charge in [0, 0.05) is 5.56 Å². The molecule has 0 amide bonds. The van der Waals surface area contributed by atoms with Gasteiger partial charge in [-0.25, -0.2) is 0 Å². The molecule has 0 aromatic heterocycles. The van der Waals surface area contributed by atoms with Crippen molar-refractivity contribution in [1.29, 1.82) is 0 Å². The highest BCUT2D eigenvalue weighted by atomic mass is 16.1. The Morgan fingerprint density at radius 3 is 1.81 bits per heavy atom. The van der Waals surface area contributed by atoms with Gasteiger partial charge >= 0.3 is 0 Å². The molecule has 1 nitrogen and oxygen atoms in total. The van der Waals surface area contributed by atoms with Crippen molar-refractivity contribution in [3.8, 4) is 0 Å². The van der Waals surface area contributed by atoms with Crippen molar-refractivity contribution in [2.75, 3.05) is 0 Å². The summed E-state index contributed by atoms with van der Waals surface area (Å²) in [4.78, 5) is 14.0. The minimum atomic E-state index is -0.790. The van der Waals surface area contributed by atoms with Crippen LogP contribution in [-0.2, 0) is 5.41 Å². The third kappa shape index (κ3) is 2.09. The monoisotopic (exact) mass is 348 g/mol. The van der Waals surface area contributed by atoms with E-state index < -0.39 is 5.41 Å². The SMILES string of the molecule is Cc1cccc(C2(c3cccc(C)c3)C(=O)c3cccc4cccc2c34)c1. The maximum atomic E-state index is 14.0. The highest BCUT2D eigenvalue weighted by Gasteiger charge is 2.50. The largest absolute Gasteiger partial charge is 0.292 e. The van der Waals surface area contributed by atoms with Gasteiger partial charge in [-0.05, 0) is 41.3 Å². The van der Waals surface area contributed by atoms with Crippen LogP contribution in [0.5, 0.6) is 0 Å². The Labute approximate surface area is 159 Å². The minimum absolute atomic E-state index is 0.172. The first-order valence-corrected chi connectivity index (χ1v) is 9.33. The third-order valence-electron chi connectivity index (χ3n) is 5.80. The van der Waals surface area contributed by atoms with E-state index in [9.17, 15) is 4.79 Å². The van der Waals surface area contributed by atoms with Crippen LogP contribution in [0.2, 0.25) is 0 Å². The molecule has 1 aliphatic rings. The van der Waals surface area contributed by atoms with Crippen LogP contribution < -0.4 is 0 Å². The molecule has 0 spiro atoms. The van der Waals surface area contributed by atoms with Crippen molar-refractivity contribution in [2.45, 2.75) is 19.3 Å². The lowest BCUT2D eigenvalue weighted by Gasteiger charge is -2.31. The van der Waals surface area contributed by atoms with Gasteiger partial charge < -0.3 is 0 Å². The molecular formula is C26H20O. The average molecular weight is 348 g/mol. The molecule has 4 aromatic carbocycles. The summed E-state index contributed by atoms with van der Waals surface area (Å²) in [5.41, 5.74) is 5.54. The molecule has 27 heavy (non-hydrogen) atoms. The van der Waals surface area contributed by atoms with E-state index in [1.807, 2.05) is 12.1 Å². The van der Waals surface area contributed by atoms with E-state index in [0.29, 0.717) is 0 Å². The number of benzene rings is 4. The van der Waals surface area contributed by atoms with Gasteiger partial charge in [-0.1, -0.05) is 96.1 Å². The van der Waals surface area contributed by atoms with E-state index in [0.717, 1.165) is 44.2 Å². The number of rotatable bonds is 2. The number of Topliss-reactive ketones (excluding diaryl/α,β-unsaturated/α-hetero) is 1. The fourth-order valence-corrected chi connectivity index (χ4v) is 4.66. The molecule has 0 saturated carbocycles. The van der Waals surface area contributed by atoms with Crippen molar-refractivity contribution in [3.63, 3.8) is 0 Å². The normalized spacial score (nSPS) is 14.7. The van der Waals surface area contributed by atoms with Crippen LogP contribution in [0.1, 0.15) is 38.2 Å². The first-order valence-electron chi connectivity index (χ1n) is 9.33. The topological polar surface area (TPSA) is 17.1 Å². The molecule has 4 aromatic rings. The van der Waals surface area contributed by atoms with Gasteiger partial charge in [-0.15, -0.1) is 0 Å². The maximum Gasteiger partial charge on any atom is 0.182 e. The number of aryl methyl sites for hydroxylation is 2. The van der Waals surface area contributed by atoms with Gasteiger partial charge in [-0.2, -0.15) is 0 Å². The lowest BCUT2D eigenvalue weighted by atomic mass is 9.68. The van der Waals surface area contributed by atoms with E-state index in [1.54, 1.807) is 0 Å². The molecule has 1 heteroatoms. The van der Waals surface area contributed by atoms with Crippen molar-refractivity contribution in [2.24, 2.45) is 0 Å². The fourth-order valence-electron chi connectivity index (χ4n) is 4.66. The van der Waals surface area contributed by atoms with E-state index in [-0.39, 0.29) is 5.78 Å². The second-order valence-electron chi connectivity index (χ2n) is 7.53. The van der Waals surface area contributed by atoms with Crippen LogP contribution in [-0.4, -0.2) is 5.78 Å². The molecule has 0 aliphatic heterocycles. The molecule has 130 valence electrons. The highest BCUT2D eigenvalue weighted by Crippen LogP contribution is 2.50. The van der Waals surface area contributed by atoms with Crippen LogP contribution in [0.15, 0.2) is 84.9 Å². The highest BCUT2D eigenvalue weighted by molar-refractivity contribution is 6.23. The molecule has 0 saturated heterocycles. The molecule has 5 rings (SSSR count). The van der Waals surface area contributed by atoms with Crippen molar-refractivity contribution in [1.82, 2.24) is 0 Å². The van der Waals surface area contributed by atoms with Crippen molar-refractivity contribution >= 4 is 16.6 Å². The maximum absolute atomic E-state index is 14.0. The summed E-state index contributed by atoms with van der Waals surface area (Å²) in [6.07, 6.45) is 0. The number of ketones is 1. The van der Waals surface area contributed by atoms with E-state index in [4.69, 9.17) is 0 Å². The quantitative estimate of drug-likeness (QED) is 0.435. The van der Waals surface area contributed by atoms with Gasteiger partial charge in [-0.3, -0.25) is 4.79 Å². The molecule has 0 N–H and O–H groups in total. The van der Waals surface area contributed by atoms with Gasteiger partial charge in [0.1, 0.15) is 5.41 Å². The second-order valence-corrected chi connectivity index (χ2v) is 7.53. The Bertz CT molecular complexity index is 1170. The zero-order valence-corrected chi connectivity index (χ0v) is 15.5. The molecule has 1 aliphatic carbocycles. The van der Waals surface area contributed by atoms with Crippen LogP contribution >= 0.6 is 0 Å². The molecule has 0 fully saturated rings. The Balaban J connectivity index is 1.97. The van der Waals surface area contributed by atoms with Gasteiger partial charge in [0.15, 0.2) is 5.78 Å². The molecule has 0 radical (unpaired) electrons. The summed E-state index contributed by atoms with van der Waals surface area (Å²) >= 11 is 0. The summed E-state index contributed by atoms with van der Waals surface area (Å²) in [5.74, 6) is 0.172. The predicted molar refractivity (Wildman–Crippen MR) is 111 cm³/mol. The fraction of sp³-hybridized carbons (Fsp3) is 0.115. The number of carbonyl (C=O) groups excluding carboxylic acids is 1. The zero-order valence-electron chi connectivity index (χ0n) is 15.5. The second kappa shape index (κ2) is 5.65. The molecule has 0 heterocycles. The molecule has 0 bridgehead atoms. The van der Waals surface area contributed by atoms with E-state index >= 15 is 0 Å². The number of hydrogen-bond donors (Lipinski definition) is 0. The lowest BCUT2D eigenvalue weighted by Crippen LogP contribution is -2.35. The Hall–Kier alpha value is -3.19.